The van der Waals surface area contributed by atoms with E-state index in [2.05, 4.69) is 173 Å². The molecule has 4 heteroatoms. The lowest BCUT2D eigenvalue weighted by Gasteiger charge is -2.22. The Balaban J connectivity index is 1.18. The van der Waals surface area contributed by atoms with Crippen LogP contribution < -0.4 is 4.90 Å². The molecule has 8 aromatic carbocycles. The third-order valence-corrected chi connectivity index (χ3v) is 9.60. The van der Waals surface area contributed by atoms with E-state index < -0.39 is 0 Å². The van der Waals surface area contributed by atoms with Crippen LogP contribution in [0.15, 0.2) is 180 Å². The Hall–Kier alpha value is -6.65. The number of oxazole rings is 1. The zero-order valence-electron chi connectivity index (χ0n) is 26.5. The quantitative estimate of drug-likeness (QED) is 0.190. The Morgan fingerprint density at radius 2 is 1.10 bits per heavy atom. The molecule has 49 heavy (non-hydrogen) atoms. The largest absolute Gasteiger partial charge is 0.422 e. The van der Waals surface area contributed by atoms with Gasteiger partial charge < -0.3 is 8.98 Å². The fourth-order valence-corrected chi connectivity index (χ4v) is 7.23. The molecule has 0 N–H and O–H groups in total. The van der Waals surface area contributed by atoms with Gasteiger partial charge in [0.15, 0.2) is 5.58 Å². The molecule has 2 heterocycles. The Morgan fingerprint density at radius 3 is 1.96 bits per heavy atom. The maximum atomic E-state index is 6.71. The summed E-state index contributed by atoms with van der Waals surface area (Å²) in [5.74, 6) is 0. The van der Waals surface area contributed by atoms with Crippen molar-refractivity contribution < 1.29 is 4.42 Å². The van der Waals surface area contributed by atoms with Gasteiger partial charge in [-0.25, -0.2) is 0 Å². The zero-order chi connectivity index (χ0) is 32.3. The molecule has 10 aromatic rings. The topological polar surface area (TPSA) is 34.2 Å². The van der Waals surface area contributed by atoms with E-state index in [0.29, 0.717) is 6.01 Å². The second-order valence-electron chi connectivity index (χ2n) is 12.5. The third-order valence-electron chi connectivity index (χ3n) is 9.60. The summed E-state index contributed by atoms with van der Waals surface area (Å²) < 4.78 is 9.05. The van der Waals surface area contributed by atoms with Gasteiger partial charge in [-0.2, -0.15) is 4.98 Å². The van der Waals surface area contributed by atoms with Crippen molar-refractivity contribution in [1.82, 2.24) is 9.55 Å². The number of fused-ring (bicyclic) bond motifs is 7. The second kappa shape index (κ2) is 11.0. The molecule has 2 aromatic heterocycles. The van der Waals surface area contributed by atoms with Crippen LogP contribution in [-0.2, 0) is 0 Å². The Morgan fingerprint density at radius 1 is 0.449 bits per heavy atom. The number of benzene rings is 8. The van der Waals surface area contributed by atoms with Crippen molar-refractivity contribution in [3.05, 3.63) is 176 Å². The average Bonchev–Trinajstić information content (AvgIpc) is 3.75. The number of hydrogen-bond acceptors (Lipinski definition) is 3. The summed E-state index contributed by atoms with van der Waals surface area (Å²) >= 11 is 0. The van der Waals surface area contributed by atoms with Crippen molar-refractivity contribution >= 4 is 71.8 Å². The second-order valence-corrected chi connectivity index (χ2v) is 12.5. The molecule has 0 unspecified atom stereocenters. The highest BCUT2D eigenvalue weighted by Crippen LogP contribution is 2.41. The summed E-state index contributed by atoms with van der Waals surface area (Å²) in [5, 5.41) is 7.04. The first-order valence-corrected chi connectivity index (χ1v) is 16.5. The Kier molecular flexibility index (Phi) is 6.15. The smallest absolute Gasteiger partial charge is 0.307 e. The van der Waals surface area contributed by atoms with Gasteiger partial charge in [-0.05, 0) is 81.9 Å². The molecular weight excluding hydrogens is 599 g/mol. The molecule has 0 fully saturated rings. The lowest BCUT2D eigenvalue weighted by molar-refractivity contribution is 0.611. The lowest BCUT2D eigenvalue weighted by Crippen LogP contribution is -2.10. The molecule has 230 valence electrons. The first-order chi connectivity index (χ1) is 24.3. The molecule has 0 atom stereocenters. The number of nitrogens with zero attached hydrogens (tertiary/aromatic N) is 3. The summed E-state index contributed by atoms with van der Waals surface area (Å²) in [4.78, 5) is 7.22. The van der Waals surface area contributed by atoms with Crippen molar-refractivity contribution in [2.24, 2.45) is 0 Å². The van der Waals surface area contributed by atoms with Crippen LogP contribution in [-0.4, -0.2) is 9.55 Å². The van der Waals surface area contributed by atoms with E-state index in [1.165, 1.54) is 32.6 Å². The molecule has 0 saturated heterocycles. The minimum Gasteiger partial charge on any atom is -0.422 e. The Bertz CT molecular complexity index is 2830. The minimum atomic E-state index is 0.520. The highest BCUT2D eigenvalue weighted by Gasteiger charge is 2.22. The standard InChI is InChI=1S/C45H29N3O/c1-2-13-35(14-3-1)48-42-17-9-8-16-39(42)40-26-25-37(29-43(40)48)47(45-46-41-27-22-32-11-6-7-15-38(32)44(41)49-45)36-23-20-31(21-24-36)34-19-18-30-10-4-5-12-33(30)28-34/h1-29H. The van der Waals surface area contributed by atoms with E-state index in [-0.39, 0.29) is 0 Å². The first kappa shape index (κ1) is 27.5. The number of rotatable bonds is 5. The molecule has 4 nitrogen and oxygen atoms in total. The van der Waals surface area contributed by atoms with Crippen LogP contribution in [0.3, 0.4) is 0 Å². The van der Waals surface area contributed by atoms with Crippen molar-refractivity contribution in [3.63, 3.8) is 0 Å². The molecular formula is C45H29N3O. The van der Waals surface area contributed by atoms with Crippen LogP contribution in [0.4, 0.5) is 17.4 Å². The number of hydrogen-bond donors (Lipinski definition) is 0. The van der Waals surface area contributed by atoms with E-state index in [1.54, 1.807) is 0 Å². The van der Waals surface area contributed by atoms with Gasteiger partial charge >= 0.3 is 6.01 Å². The summed E-state index contributed by atoms with van der Waals surface area (Å²) in [7, 11) is 0. The molecule has 0 aliphatic rings. The van der Waals surface area contributed by atoms with Gasteiger partial charge in [0.1, 0.15) is 5.52 Å². The summed E-state index contributed by atoms with van der Waals surface area (Å²) in [5.41, 5.74) is 9.26. The molecule has 0 radical (unpaired) electrons. The van der Waals surface area contributed by atoms with Gasteiger partial charge in [0.05, 0.1) is 22.4 Å². The van der Waals surface area contributed by atoms with Gasteiger partial charge in [-0.3, -0.25) is 4.90 Å². The van der Waals surface area contributed by atoms with E-state index in [4.69, 9.17) is 9.40 Å². The molecule has 0 spiro atoms. The SMILES string of the molecule is c1ccc(-n2c3ccccc3c3ccc(N(c4ccc(-c5ccc6ccccc6c5)cc4)c4nc5ccc6ccccc6c5o4)cc32)cc1. The van der Waals surface area contributed by atoms with E-state index in [1.807, 2.05) is 12.1 Å². The number of aromatic nitrogens is 2. The minimum absolute atomic E-state index is 0.520. The van der Waals surface area contributed by atoms with Crippen LogP contribution in [0.5, 0.6) is 0 Å². The van der Waals surface area contributed by atoms with E-state index in [9.17, 15) is 0 Å². The van der Waals surface area contributed by atoms with Gasteiger partial charge in [-0.15, -0.1) is 0 Å². The number of para-hydroxylation sites is 2. The zero-order valence-corrected chi connectivity index (χ0v) is 26.5. The summed E-state index contributed by atoms with van der Waals surface area (Å²) in [6.07, 6.45) is 0. The van der Waals surface area contributed by atoms with E-state index >= 15 is 0 Å². The highest BCUT2D eigenvalue weighted by atomic mass is 16.4. The van der Waals surface area contributed by atoms with Gasteiger partial charge in [-0.1, -0.05) is 121 Å². The lowest BCUT2D eigenvalue weighted by atomic mass is 10.0. The van der Waals surface area contributed by atoms with Gasteiger partial charge in [0.2, 0.25) is 0 Å². The molecule has 0 saturated carbocycles. The fourth-order valence-electron chi connectivity index (χ4n) is 7.23. The van der Waals surface area contributed by atoms with Crippen LogP contribution in [0.25, 0.3) is 71.3 Å². The van der Waals surface area contributed by atoms with Gasteiger partial charge in [0, 0.05) is 21.8 Å². The maximum Gasteiger partial charge on any atom is 0.307 e. The van der Waals surface area contributed by atoms with Crippen molar-refractivity contribution in [3.8, 4) is 16.8 Å². The van der Waals surface area contributed by atoms with Crippen LogP contribution in [0.2, 0.25) is 0 Å². The average molecular weight is 628 g/mol. The van der Waals surface area contributed by atoms with Crippen LogP contribution in [0.1, 0.15) is 0 Å². The predicted molar refractivity (Wildman–Crippen MR) is 203 cm³/mol. The van der Waals surface area contributed by atoms with Crippen LogP contribution >= 0.6 is 0 Å². The Labute approximate surface area is 282 Å². The van der Waals surface area contributed by atoms with Crippen molar-refractivity contribution in [2.45, 2.75) is 0 Å². The monoisotopic (exact) mass is 627 g/mol. The fraction of sp³-hybridized carbons (Fsp3) is 0. The predicted octanol–water partition coefficient (Wildman–Crippen LogP) is 12.4. The van der Waals surface area contributed by atoms with E-state index in [0.717, 1.165) is 50.0 Å². The molecule has 0 bridgehead atoms. The van der Waals surface area contributed by atoms with Crippen molar-refractivity contribution in [1.29, 1.82) is 0 Å². The highest BCUT2D eigenvalue weighted by molar-refractivity contribution is 6.10. The third kappa shape index (κ3) is 4.49. The molecule has 0 aliphatic carbocycles. The molecule has 0 aliphatic heterocycles. The summed E-state index contributed by atoms with van der Waals surface area (Å²) in [6.45, 7) is 0. The first-order valence-electron chi connectivity index (χ1n) is 16.5. The van der Waals surface area contributed by atoms with Crippen molar-refractivity contribution in [2.75, 3.05) is 4.90 Å². The molecule has 0 amide bonds. The number of anilines is 3. The molecule has 10 rings (SSSR count). The normalized spacial score (nSPS) is 11.7. The summed E-state index contributed by atoms with van der Waals surface area (Å²) in [6, 6.07) is 62.6. The van der Waals surface area contributed by atoms with Gasteiger partial charge in [0.25, 0.3) is 0 Å². The van der Waals surface area contributed by atoms with Crippen LogP contribution in [0, 0.1) is 0 Å². The maximum absolute atomic E-state index is 6.71.